The van der Waals surface area contributed by atoms with Crippen LogP contribution in [0, 0.1) is 5.21 Å². The summed E-state index contributed by atoms with van der Waals surface area (Å²) in [6.07, 6.45) is 11.7. The molecular formula is C10H21NO. The van der Waals surface area contributed by atoms with Gasteiger partial charge in [0, 0.05) is 6.42 Å². The van der Waals surface area contributed by atoms with Crippen molar-refractivity contribution in [2.75, 3.05) is 0 Å². The summed E-state index contributed by atoms with van der Waals surface area (Å²) < 4.78 is 0. The molecule has 2 nitrogen and oxygen atoms in total. The third kappa shape index (κ3) is 9.47. The van der Waals surface area contributed by atoms with Crippen LogP contribution in [-0.2, 0) is 0 Å². The van der Waals surface area contributed by atoms with E-state index in [1.165, 1.54) is 38.5 Å². The first-order valence-corrected chi connectivity index (χ1v) is 5.11. The predicted molar refractivity (Wildman–Crippen MR) is 53.0 cm³/mol. The standard InChI is InChI=1S/C10H21NO/c1-2-3-4-5-6-7-8-9-10-11-12/h10-11H,2-9H2,1H3. The van der Waals surface area contributed by atoms with E-state index in [1.807, 2.05) is 0 Å². The summed E-state index contributed by atoms with van der Waals surface area (Å²) in [6, 6.07) is 0. The number of hydrogen-bond donors (Lipinski definition) is 1. The van der Waals surface area contributed by atoms with Crippen LogP contribution in [0.2, 0.25) is 0 Å². The van der Waals surface area contributed by atoms with E-state index >= 15 is 0 Å². The van der Waals surface area contributed by atoms with Crippen LogP contribution in [0.1, 0.15) is 58.3 Å². The van der Waals surface area contributed by atoms with Gasteiger partial charge in [-0.25, -0.2) is 5.16 Å². The Labute approximate surface area is 75.7 Å². The Hall–Kier alpha value is -0.530. The molecule has 0 unspecified atom stereocenters. The van der Waals surface area contributed by atoms with E-state index in [-0.39, 0.29) is 0 Å². The third-order valence-corrected chi connectivity index (χ3v) is 2.04. The maximum Gasteiger partial charge on any atom is 0.148 e. The number of rotatable bonds is 8. The van der Waals surface area contributed by atoms with Crippen molar-refractivity contribution in [2.45, 2.75) is 58.3 Å². The maximum absolute atomic E-state index is 9.80. The second kappa shape index (κ2) is 10.5. The van der Waals surface area contributed by atoms with Crippen molar-refractivity contribution in [3.8, 4) is 0 Å². The molecule has 0 aromatic carbocycles. The lowest BCUT2D eigenvalue weighted by atomic mass is 10.1. The fourth-order valence-corrected chi connectivity index (χ4v) is 1.26. The first-order chi connectivity index (χ1) is 5.91. The van der Waals surface area contributed by atoms with Crippen LogP contribution in [0.5, 0.6) is 0 Å². The van der Waals surface area contributed by atoms with Crippen LogP contribution >= 0.6 is 0 Å². The Morgan fingerprint density at radius 3 is 2.17 bits per heavy atom. The summed E-state index contributed by atoms with van der Waals surface area (Å²) in [6.45, 7) is 2.23. The van der Waals surface area contributed by atoms with Gasteiger partial charge in [-0.2, -0.15) is 0 Å². The highest BCUT2D eigenvalue weighted by Crippen LogP contribution is 2.07. The maximum atomic E-state index is 9.80. The molecule has 0 saturated heterocycles. The van der Waals surface area contributed by atoms with E-state index in [4.69, 9.17) is 0 Å². The average molecular weight is 171 g/mol. The summed E-state index contributed by atoms with van der Waals surface area (Å²) in [5.74, 6) is 0. The third-order valence-electron chi connectivity index (χ3n) is 2.04. The van der Waals surface area contributed by atoms with Gasteiger partial charge in [-0.3, -0.25) is 0 Å². The van der Waals surface area contributed by atoms with E-state index in [1.54, 1.807) is 11.4 Å². The highest BCUT2D eigenvalue weighted by molar-refractivity contribution is 5.49. The molecule has 0 saturated carbocycles. The summed E-state index contributed by atoms with van der Waals surface area (Å²) in [7, 11) is 0. The molecule has 1 N–H and O–H groups in total. The van der Waals surface area contributed by atoms with Gasteiger partial charge in [0.25, 0.3) is 0 Å². The van der Waals surface area contributed by atoms with Gasteiger partial charge in [-0.1, -0.05) is 45.4 Å². The number of nitrogens with one attached hydrogen (secondary N) is 1. The minimum absolute atomic E-state index is 0.914. The molecule has 0 spiro atoms. The van der Waals surface area contributed by atoms with Crippen LogP contribution in [-0.4, -0.2) is 6.21 Å². The molecule has 0 fully saturated rings. The van der Waals surface area contributed by atoms with Crippen LogP contribution in [0.15, 0.2) is 0 Å². The molecular weight excluding hydrogens is 150 g/mol. The van der Waals surface area contributed by atoms with Gasteiger partial charge >= 0.3 is 0 Å². The zero-order chi connectivity index (χ0) is 9.07. The Morgan fingerprint density at radius 1 is 1.00 bits per heavy atom. The molecule has 0 rings (SSSR count). The minimum Gasteiger partial charge on any atom is -0.626 e. The second-order valence-corrected chi connectivity index (χ2v) is 3.23. The normalized spacial score (nSPS) is 11.1. The largest absolute Gasteiger partial charge is 0.626 e. The molecule has 72 valence electrons. The summed E-state index contributed by atoms with van der Waals surface area (Å²) >= 11 is 0. The van der Waals surface area contributed by atoms with Crippen LogP contribution in [0.4, 0.5) is 0 Å². The van der Waals surface area contributed by atoms with Crippen LogP contribution < -0.4 is 5.16 Å². The van der Waals surface area contributed by atoms with Gasteiger partial charge in [0.15, 0.2) is 0 Å². The lowest BCUT2D eigenvalue weighted by Gasteiger charge is -1.97. The Morgan fingerprint density at radius 2 is 1.58 bits per heavy atom. The molecule has 12 heavy (non-hydrogen) atoms. The number of unbranched alkanes of at least 4 members (excludes halogenated alkanes) is 7. The fourth-order valence-electron chi connectivity index (χ4n) is 1.26. The molecule has 0 aromatic rings. The van der Waals surface area contributed by atoms with Crippen molar-refractivity contribution in [3.63, 3.8) is 0 Å². The van der Waals surface area contributed by atoms with E-state index in [9.17, 15) is 5.21 Å². The first-order valence-electron chi connectivity index (χ1n) is 5.11. The Kier molecular flexibility index (Phi) is 10.0. The van der Waals surface area contributed by atoms with Crippen molar-refractivity contribution in [1.29, 1.82) is 0 Å². The summed E-state index contributed by atoms with van der Waals surface area (Å²) in [5, 5.41) is 11.6. The molecule has 0 amide bonds. The second-order valence-electron chi connectivity index (χ2n) is 3.23. The van der Waals surface area contributed by atoms with Gasteiger partial charge in [0.2, 0.25) is 0 Å². The molecule has 0 aliphatic rings. The smallest absolute Gasteiger partial charge is 0.148 e. The molecule has 0 aliphatic heterocycles. The molecule has 0 heterocycles. The van der Waals surface area contributed by atoms with Gasteiger partial charge in [-0.15, -0.1) is 0 Å². The first kappa shape index (κ1) is 11.5. The van der Waals surface area contributed by atoms with Gasteiger partial charge in [0.1, 0.15) is 6.21 Å². The molecule has 2 heteroatoms. The Bertz CT molecular complexity index is 102. The van der Waals surface area contributed by atoms with Crippen molar-refractivity contribution in [2.24, 2.45) is 0 Å². The van der Waals surface area contributed by atoms with Crippen molar-refractivity contribution in [1.82, 2.24) is 0 Å². The van der Waals surface area contributed by atoms with E-state index < -0.39 is 0 Å². The number of hydrogen-bond acceptors (Lipinski definition) is 1. The van der Waals surface area contributed by atoms with Gasteiger partial charge in [0.05, 0.1) is 0 Å². The lowest BCUT2D eigenvalue weighted by Crippen LogP contribution is -2.60. The predicted octanol–water partition coefficient (Wildman–Crippen LogP) is 1.78. The molecule has 0 bridgehead atoms. The quantitative estimate of drug-likeness (QED) is 0.257. The highest BCUT2D eigenvalue weighted by atomic mass is 16.4. The van der Waals surface area contributed by atoms with E-state index in [0.29, 0.717) is 0 Å². The summed E-state index contributed by atoms with van der Waals surface area (Å²) in [4.78, 5) is 0. The molecule has 0 radical (unpaired) electrons. The molecule has 0 atom stereocenters. The van der Waals surface area contributed by atoms with Crippen molar-refractivity contribution >= 4 is 6.21 Å². The van der Waals surface area contributed by atoms with Crippen molar-refractivity contribution in [3.05, 3.63) is 5.21 Å². The van der Waals surface area contributed by atoms with E-state index in [2.05, 4.69) is 6.92 Å². The van der Waals surface area contributed by atoms with Crippen LogP contribution in [0.3, 0.4) is 0 Å². The average Bonchev–Trinajstić information content (AvgIpc) is 2.10. The van der Waals surface area contributed by atoms with Gasteiger partial charge in [-0.05, 0) is 6.42 Å². The van der Waals surface area contributed by atoms with Gasteiger partial charge < -0.3 is 5.21 Å². The zero-order valence-electron chi connectivity index (χ0n) is 8.14. The fraction of sp³-hybridized carbons (Fsp3) is 0.900. The Balaban J connectivity index is 2.81. The van der Waals surface area contributed by atoms with Crippen LogP contribution in [0.25, 0.3) is 0 Å². The highest BCUT2D eigenvalue weighted by Gasteiger charge is 1.89. The topological polar surface area (TPSA) is 37.0 Å². The molecule has 0 aromatic heterocycles. The SMILES string of the molecule is CCCCCCCCCC=[NH+][O-]. The minimum atomic E-state index is 0.914. The zero-order valence-corrected chi connectivity index (χ0v) is 8.14. The monoisotopic (exact) mass is 171 g/mol. The lowest BCUT2D eigenvalue weighted by molar-refractivity contribution is -0.368. The van der Waals surface area contributed by atoms with E-state index in [0.717, 1.165) is 12.8 Å². The summed E-state index contributed by atoms with van der Waals surface area (Å²) in [5.41, 5.74) is 0. The molecule has 0 aliphatic carbocycles. The van der Waals surface area contributed by atoms with Crippen molar-refractivity contribution < 1.29 is 5.16 Å².